The fraction of sp³-hybridized carbons (Fsp3) is 0.571. The zero-order chi connectivity index (χ0) is 14.5. The van der Waals surface area contributed by atoms with E-state index in [1.54, 1.807) is 30.8 Å². The van der Waals surface area contributed by atoms with E-state index in [2.05, 4.69) is 10.6 Å². The second-order valence-electron chi connectivity index (χ2n) is 5.07. The van der Waals surface area contributed by atoms with Crippen LogP contribution in [0.15, 0.2) is 12.3 Å². The van der Waals surface area contributed by atoms with Crippen LogP contribution in [-0.2, 0) is 16.6 Å². The molecule has 7 heteroatoms. The number of carbonyl (C=O) groups excluding carboxylic acids is 2. The molecule has 0 radical (unpaired) electrons. The topological polar surface area (TPSA) is 72.4 Å². The molecular weight excluding hydrogens is 294 g/mol. The van der Waals surface area contributed by atoms with E-state index in [9.17, 15) is 9.59 Å². The number of anilines is 1. The third kappa shape index (κ3) is 5.40. The second-order valence-corrected chi connectivity index (χ2v) is 5.07. The van der Waals surface area contributed by atoms with Crippen LogP contribution in [-0.4, -0.2) is 36.1 Å². The number of rotatable bonds is 7. The van der Waals surface area contributed by atoms with Gasteiger partial charge in [0.25, 0.3) is 0 Å². The first kappa shape index (κ1) is 17.5. The first-order valence-corrected chi connectivity index (χ1v) is 6.94. The molecule has 6 nitrogen and oxygen atoms in total. The van der Waals surface area contributed by atoms with E-state index in [0.29, 0.717) is 24.5 Å². The summed E-state index contributed by atoms with van der Waals surface area (Å²) in [5.41, 5.74) is 1.03. The van der Waals surface area contributed by atoms with Crippen molar-refractivity contribution in [3.8, 4) is 0 Å². The number of aromatic nitrogens is 1. The molecule has 1 aromatic heterocycles. The number of hydrogen-bond acceptors (Lipinski definition) is 4. The van der Waals surface area contributed by atoms with Crippen LogP contribution in [0.5, 0.6) is 0 Å². The van der Waals surface area contributed by atoms with Gasteiger partial charge < -0.3 is 19.9 Å². The predicted octanol–water partition coefficient (Wildman–Crippen LogP) is 1.56. The highest BCUT2D eigenvalue weighted by molar-refractivity contribution is 5.95. The van der Waals surface area contributed by atoms with E-state index in [4.69, 9.17) is 4.74 Å². The first-order valence-electron chi connectivity index (χ1n) is 6.94. The molecule has 1 aliphatic carbocycles. The normalized spacial score (nSPS) is 13.4. The van der Waals surface area contributed by atoms with Crippen LogP contribution in [0, 0.1) is 5.92 Å². The van der Waals surface area contributed by atoms with Gasteiger partial charge >= 0.3 is 5.97 Å². The SMILES string of the molecule is CCOC(=O)c1cc(NC(=O)CNCC2CC2)cn1C.Cl. The van der Waals surface area contributed by atoms with Crippen molar-refractivity contribution in [2.75, 3.05) is 25.0 Å². The number of aryl methyl sites for hydroxylation is 1. The standard InChI is InChI=1S/C14H21N3O3.ClH/c1-3-20-14(19)12-6-11(9-17(12)2)16-13(18)8-15-7-10-4-5-10;/h6,9-10,15H,3-5,7-8H2,1-2H3,(H,16,18);1H. The molecule has 0 bridgehead atoms. The Bertz CT molecular complexity index is 498. The van der Waals surface area contributed by atoms with E-state index in [1.807, 2.05) is 0 Å². The third-order valence-corrected chi connectivity index (χ3v) is 3.19. The van der Waals surface area contributed by atoms with Gasteiger partial charge in [-0.25, -0.2) is 4.79 Å². The van der Waals surface area contributed by atoms with Gasteiger partial charge in [0, 0.05) is 13.2 Å². The average Bonchev–Trinajstić information content (AvgIpc) is 3.13. The minimum atomic E-state index is -0.387. The number of halogens is 1. The van der Waals surface area contributed by atoms with Crippen LogP contribution in [0.2, 0.25) is 0 Å². The highest BCUT2D eigenvalue weighted by Crippen LogP contribution is 2.27. The molecule has 0 aliphatic heterocycles. The van der Waals surface area contributed by atoms with Gasteiger partial charge in [0.2, 0.25) is 5.91 Å². The Labute approximate surface area is 130 Å². The second kappa shape index (κ2) is 8.05. The molecule has 1 aromatic rings. The maximum absolute atomic E-state index is 11.7. The van der Waals surface area contributed by atoms with Crippen molar-refractivity contribution < 1.29 is 14.3 Å². The van der Waals surface area contributed by atoms with Gasteiger partial charge in [-0.1, -0.05) is 0 Å². The van der Waals surface area contributed by atoms with Crippen LogP contribution < -0.4 is 10.6 Å². The number of esters is 1. The molecule has 0 saturated heterocycles. The maximum atomic E-state index is 11.7. The lowest BCUT2D eigenvalue weighted by Gasteiger charge is -2.03. The van der Waals surface area contributed by atoms with Crippen molar-refractivity contribution in [3.05, 3.63) is 18.0 Å². The molecule has 1 heterocycles. The van der Waals surface area contributed by atoms with Gasteiger partial charge in [-0.15, -0.1) is 12.4 Å². The molecule has 2 N–H and O–H groups in total. The Morgan fingerprint density at radius 1 is 1.43 bits per heavy atom. The smallest absolute Gasteiger partial charge is 0.355 e. The molecule has 118 valence electrons. The summed E-state index contributed by atoms with van der Waals surface area (Å²) in [7, 11) is 1.74. The lowest BCUT2D eigenvalue weighted by atomic mass is 10.4. The lowest BCUT2D eigenvalue weighted by molar-refractivity contribution is -0.115. The monoisotopic (exact) mass is 315 g/mol. The molecule has 1 saturated carbocycles. The highest BCUT2D eigenvalue weighted by Gasteiger charge is 2.20. The van der Waals surface area contributed by atoms with E-state index in [-0.39, 0.29) is 24.3 Å². The zero-order valence-electron chi connectivity index (χ0n) is 12.3. The molecule has 1 amide bonds. The summed E-state index contributed by atoms with van der Waals surface area (Å²) in [5.74, 6) is 0.254. The highest BCUT2D eigenvalue weighted by atomic mass is 35.5. The van der Waals surface area contributed by atoms with Gasteiger partial charge in [0.15, 0.2) is 0 Å². The summed E-state index contributed by atoms with van der Waals surface area (Å²) >= 11 is 0. The summed E-state index contributed by atoms with van der Waals surface area (Å²) in [4.78, 5) is 23.4. The molecular formula is C14H22ClN3O3. The molecule has 1 fully saturated rings. The zero-order valence-corrected chi connectivity index (χ0v) is 13.2. The lowest BCUT2D eigenvalue weighted by Crippen LogP contribution is -2.29. The van der Waals surface area contributed by atoms with Crippen molar-refractivity contribution in [1.29, 1.82) is 0 Å². The number of ether oxygens (including phenoxy) is 1. The Morgan fingerprint density at radius 3 is 2.76 bits per heavy atom. The largest absolute Gasteiger partial charge is 0.461 e. The number of amides is 1. The minimum absolute atomic E-state index is 0. The van der Waals surface area contributed by atoms with Crippen molar-refractivity contribution in [1.82, 2.24) is 9.88 Å². The van der Waals surface area contributed by atoms with Crippen LogP contribution in [0.4, 0.5) is 5.69 Å². The van der Waals surface area contributed by atoms with E-state index in [1.165, 1.54) is 12.8 Å². The fourth-order valence-electron chi connectivity index (χ4n) is 1.96. The van der Waals surface area contributed by atoms with Crippen molar-refractivity contribution in [2.45, 2.75) is 19.8 Å². The van der Waals surface area contributed by atoms with Crippen LogP contribution >= 0.6 is 12.4 Å². The van der Waals surface area contributed by atoms with Gasteiger partial charge in [-0.05, 0) is 38.3 Å². The molecule has 2 rings (SSSR count). The van der Waals surface area contributed by atoms with Gasteiger partial charge in [0.1, 0.15) is 5.69 Å². The summed E-state index contributed by atoms with van der Waals surface area (Å²) < 4.78 is 6.58. The molecule has 0 spiro atoms. The molecule has 0 aromatic carbocycles. The summed E-state index contributed by atoms with van der Waals surface area (Å²) in [6, 6.07) is 1.62. The Kier molecular flexibility index (Phi) is 6.71. The Morgan fingerprint density at radius 2 is 2.14 bits per heavy atom. The van der Waals surface area contributed by atoms with Gasteiger partial charge in [-0.2, -0.15) is 0 Å². The van der Waals surface area contributed by atoms with E-state index >= 15 is 0 Å². The van der Waals surface area contributed by atoms with Crippen molar-refractivity contribution >= 4 is 30.0 Å². The van der Waals surface area contributed by atoms with Gasteiger partial charge in [0.05, 0.1) is 18.8 Å². The Balaban J connectivity index is 0.00000220. The quantitative estimate of drug-likeness (QED) is 0.749. The minimum Gasteiger partial charge on any atom is -0.461 e. The third-order valence-electron chi connectivity index (χ3n) is 3.19. The number of nitrogens with zero attached hydrogens (tertiary/aromatic N) is 1. The van der Waals surface area contributed by atoms with Crippen LogP contribution in [0.25, 0.3) is 0 Å². The molecule has 0 atom stereocenters. The predicted molar refractivity (Wildman–Crippen MR) is 82.8 cm³/mol. The number of carbonyl (C=O) groups is 2. The van der Waals surface area contributed by atoms with Crippen LogP contribution in [0.1, 0.15) is 30.3 Å². The number of hydrogen-bond donors (Lipinski definition) is 2. The maximum Gasteiger partial charge on any atom is 0.355 e. The van der Waals surface area contributed by atoms with E-state index < -0.39 is 0 Å². The summed E-state index contributed by atoms with van der Waals surface area (Å²) in [6.45, 7) is 3.28. The average molecular weight is 316 g/mol. The summed E-state index contributed by atoms with van der Waals surface area (Å²) in [6.07, 6.45) is 4.22. The van der Waals surface area contributed by atoms with Crippen molar-refractivity contribution in [3.63, 3.8) is 0 Å². The fourth-order valence-corrected chi connectivity index (χ4v) is 1.96. The van der Waals surface area contributed by atoms with Crippen LogP contribution in [0.3, 0.4) is 0 Å². The van der Waals surface area contributed by atoms with E-state index in [0.717, 1.165) is 12.5 Å². The van der Waals surface area contributed by atoms with Crippen molar-refractivity contribution in [2.24, 2.45) is 13.0 Å². The molecule has 21 heavy (non-hydrogen) atoms. The first-order chi connectivity index (χ1) is 9.60. The van der Waals surface area contributed by atoms with Gasteiger partial charge in [-0.3, -0.25) is 4.79 Å². The molecule has 0 unspecified atom stereocenters. The molecule has 1 aliphatic rings. The number of nitrogens with one attached hydrogen (secondary N) is 2. The summed E-state index contributed by atoms with van der Waals surface area (Å²) in [5, 5.41) is 5.89. The Hall–Kier alpha value is -1.53.